The first-order chi connectivity index (χ1) is 11.0. The molecule has 116 valence electrons. The summed E-state index contributed by atoms with van der Waals surface area (Å²) in [6, 6.07) is 11.6. The summed E-state index contributed by atoms with van der Waals surface area (Å²) in [5.74, 6) is -1.64. The molecular formula is C16H9Cl2FN2O2. The first kappa shape index (κ1) is 15.5. The first-order valence-corrected chi connectivity index (χ1v) is 7.29. The molecule has 0 radical (unpaired) electrons. The van der Waals surface area contributed by atoms with Crippen molar-refractivity contribution in [2.24, 2.45) is 0 Å². The van der Waals surface area contributed by atoms with Crippen molar-refractivity contribution < 1.29 is 14.0 Å². The van der Waals surface area contributed by atoms with E-state index in [0.717, 1.165) is 4.90 Å². The molecule has 1 aliphatic heterocycles. The minimum absolute atomic E-state index is 0.0572. The van der Waals surface area contributed by atoms with E-state index in [1.807, 2.05) is 0 Å². The van der Waals surface area contributed by atoms with Crippen molar-refractivity contribution in [2.75, 3.05) is 10.2 Å². The standard InChI is InChI=1S/C16H9Cl2FN2O2/c17-9-1-7-12(8-2-9)21-15(22)13(18)14(16(21)23)20-11-5-3-10(19)4-6-11/h1-8,20H. The van der Waals surface area contributed by atoms with Gasteiger partial charge in [-0.25, -0.2) is 9.29 Å². The van der Waals surface area contributed by atoms with Crippen molar-refractivity contribution in [3.8, 4) is 0 Å². The molecule has 0 saturated carbocycles. The second kappa shape index (κ2) is 6.02. The van der Waals surface area contributed by atoms with E-state index in [1.165, 1.54) is 24.3 Å². The van der Waals surface area contributed by atoms with Crippen LogP contribution in [0.4, 0.5) is 15.8 Å². The lowest BCUT2D eigenvalue weighted by atomic mass is 10.3. The van der Waals surface area contributed by atoms with Crippen molar-refractivity contribution in [3.05, 3.63) is 70.1 Å². The molecule has 3 rings (SSSR count). The van der Waals surface area contributed by atoms with Crippen molar-refractivity contribution in [3.63, 3.8) is 0 Å². The Balaban J connectivity index is 1.90. The van der Waals surface area contributed by atoms with Crippen molar-refractivity contribution in [2.45, 2.75) is 0 Å². The van der Waals surface area contributed by atoms with Crippen LogP contribution in [0, 0.1) is 5.82 Å². The molecule has 0 aromatic heterocycles. The molecule has 1 aliphatic rings. The Labute approximate surface area is 141 Å². The van der Waals surface area contributed by atoms with Crippen molar-refractivity contribution in [1.82, 2.24) is 0 Å². The molecule has 0 aliphatic carbocycles. The number of anilines is 2. The second-order valence-electron chi connectivity index (χ2n) is 4.74. The number of rotatable bonds is 3. The van der Waals surface area contributed by atoms with Gasteiger partial charge in [-0.15, -0.1) is 0 Å². The monoisotopic (exact) mass is 350 g/mol. The maximum atomic E-state index is 12.9. The highest BCUT2D eigenvalue weighted by molar-refractivity contribution is 6.53. The molecule has 0 spiro atoms. The highest BCUT2D eigenvalue weighted by Crippen LogP contribution is 2.30. The summed E-state index contributed by atoms with van der Waals surface area (Å²) < 4.78 is 12.9. The Bertz CT molecular complexity index is 817. The van der Waals surface area contributed by atoms with Gasteiger partial charge in [0.1, 0.15) is 16.5 Å². The van der Waals surface area contributed by atoms with Gasteiger partial charge in [0.2, 0.25) is 0 Å². The fraction of sp³-hybridized carbons (Fsp3) is 0. The van der Waals surface area contributed by atoms with E-state index in [-0.39, 0.29) is 10.7 Å². The summed E-state index contributed by atoms with van der Waals surface area (Å²) in [4.78, 5) is 25.7. The topological polar surface area (TPSA) is 49.4 Å². The number of nitrogens with zero attached hydrogens (tertiary/aromatic N) is 1. The van der Waals surface area contributed by atoms with Crippen LogP contribution in [0.1, 0.15) is 0 Å². The molecular weight excluding hydrogens is 342 g/mol. The number of nitrogens with one attached hydrogen (secondary N) is 1. The summed E-state index contributed by atoms with van der Waals surface area (Å²) in [6.07, 6.45) is 0. The second-order valence-corrected chi connectivity index (χ2v) is 5.56. The van der Waals surface area contributed by atoms with Gasteiger partial charge in [0.15, 0.2) is 0 Å². The molecule has 2 amide bonds. The maximum Gasteiger partial charge on any atom is 0.283 e. The normalized spacial score (nSPS) is 14.7. The summed E-state index contributed by atoms with van der Waals surface area (Å²) in [5, 5.41) is 3.01. The summed E-state index contributed by atoms with van der Waals surface area (Å²) in [7, 11) is 0. The van der Waals surface area contributed by atoms with Crippen LogP contribution in [0.2, 0.25) is 5.02 Å². The Morgan fingerprint density at radius 3 is 2.09 bits per heavy atom. The van der Waals surface area contributed by atoms with E-state index in [0.29, 0.717) is 16.4 Å². The van der Waals surface area contributed by atoms with Crippen LogP contribution in [0.25, 0.3) is 0 Å². The molecule has 1 N–H and O–H groups in total. The van der Waals surface area contributed by atoms with E-state index in [4.69, 9.17) is 23.2 Å². The Hall–Kier alpha value is -2.37. The molecule has 23 heavy (non-hydrogen) atoms. The van der Waals surface area contributed by atoms with Gasteiger partial charge in [0.25, 0.3) is 11.8 Å². The average molecular weight is 351 g/mol. The fourth-order valence-electron chi connectivity index (χ4n) is 2.11. The Kier molecular flexibility index (Phi) is 4.07. The Morgan fingerprint density at radius 2 is 1.48 bits per heavy atom. The van der Waals surface area contributed by atoms with Gasteiger partial charge in [0, 0.05) is 10.7 Å². The van der Waals surface area contributed by atoms with E-state index in [2.05, 4.69) is 5.32 Å². The number of hydrogen-bond acceptors (Lipinski definition) is 3. The third-order valence-corrected chi connectivity index (χ3v) is 3.83. The highest BCUT2D eigenvalue weighted by atomic mass is 35.5. The van der Waals surface area contributed by atoms with Gasteiger partial charge >= 0.3 is 0 Å². The molecule has 7 heteroatoms. The SMILES string of the molecule is O=C1C(Cl)=C(Nc2ccc(F)cc2)C(=O)N1c1ccc(Cl)cc1. The van der Waals surface area contributed by atoms with E-state index in [1.54, 1.807) is 24.3 Å². The van der Waals surface area contributed by atoms with Gasteiger partial charge < -0.3 is 5.32 Å². The van der Waals surface area contributed by atoms with Crippen LogP contribution in [0.5, 0.6) is 0 Å². The van der Waals surface area contributed by atoms with E-state index < -0.39 is 17.6 Å². The summed E-state index contributed by atoms with van der Waals surface area (Å²) >= 11 is 11.8. The molecule has 1 heterocycles. The number of imide groups is 1. The summed E-state index contributed by atoms with van der Waals surface area (Å²) in [6.45, 7) is 0. The lowest BCUT2D eigenvalue weighted by molar-refractivity contribution is -0.120. The van der Waals surface area contributed by atoms with Gasteiger partial charge in [-0.05, 0) is 48.5 Å². The van der Waals surface area contributed by atoms with Crippen LogP contribution >= 0.6 is 23.2 Å². The van der Waals surface area contributed by atoms with Crippen LogP contribution in [-0.2, 0) is 9.59 Å². The number of benzene rings is 2. The van der Waals surface area contributed by atoms with Crippen LogP contribution in [-0.4, -0.2) is 11.8 Å². The largest absolute Gasteiger partial charge is 0.350 e. The fourth-order valence-corrected chi connectivity index (χ4v) is 2.45. The van der Waals surface area contributed by atoms with Gasteiger partial charge in [-0.1, -0.05) is 23.2 Å². The Morgan fingerprint density at radius 1 is 0.870 bits per heavy atom. The van der Waals surface area contributed by atoms with Crippen molar-refractivity contribution in [1.29, 1.82) is 0 Å². The highest BCUT2D eigenvalue weighted by Gasteiger charge is 2.38. The molecule has 0 unspecified atom stereocenters. The maximum absolute atomic E-state index is 12.9. The smallest absolute Gasteiger partial charge is 0.283 e. The zero-order valence-corrected chi connectivity index (χ0v) is 13.0. The molecule has 0 fully saturated rings. The lowest BCUT2D eigenvalue weighted by Crippen LogP contribution is -2.32. The quantitative estimate of drug-likeness (QED) is 0.853. The van der Waals surface area contributed by atoms with Crippen LogP contribution in [0.15, 0.2) is 59.3 Å². The predicted octanol–water partition coefficient (Wildman–Crippen LogP) is 3.91. The predicted molar refractivity (Wildman–Crippen MR) is 86.8 cm³/mol. The number of carbonyl (C=O) groups is 2. The number of amides is 2. The molecule has 0 bridgehead atoms. The number of halogens is 3. The minimum atomic E-state index is -0.636. The van der Waals surface area contributed by atoms with E-state index >= 15 is 0 Å². The molecule has 2 aromatic carbocycles. The minimum Gasteiger partial charge on any atom is -0.350 e. The van der Waals surface area contributed by atoms with Crippen molar-refractivity contribution >= 4 is 46.4 Å². The molecule has 4 nitrogen and oxygen atoms in total. The molecule has 2 aromatic rings. The van der Waals surface area contributed by atoms with Gasteiger partial charge in [-0.3, -0.25) is 9.59 Å². The van der Waals surface area contributed by atoms with E-state index in [9.17, 15) is 14.0 Å². The molecule has 0 saturated heterocycles. The number of hydrogen-bond donors (Lipinski definition) is 1. The molecule has 0 atom stereocenters. The lowest BCUT2D eigenvalue weighted by Gasteiger charge is -2.15. The third kappa shape index (κ3) is 2.93. The van der Waals surface area contributed by atoms with Crippen LogP contribution < -0.4 is 10.2 Å². The average Bonchev–Trinajstić information content (AvgIpc) is 2.74. The first-order valence-electron chi connectivity index (χ1n) is 6.54. The third-order valence-electron chi connectivity index (χ3n) is 3.23. The summed E-state index contributed by atoms with van der Waals surface area (Å²) in [5.41, 5.74) is 0.746. The van der Waals surface area contributed by atoms with Gasteiger partial charge in [-0.2, -0.15) is 0 Å². The van der Waals surface area contributed by atoms with Crippen LogP contribution in [0.3, 0.4) is 0 Å². The number of carbonyl (C=O) groups excluding carboxylic acids is 2. The zero-order chi connectivity index (χ0) is 16.6. The zero-order valence-electron chi connectivity index (χ0n) is 11.5. The van der Waals surface area contributed by atoms with Gasteiger partial charge in [0.05, 0.1) is 5.69 Å².